The maximum atomic E-state index is 12.4. The molecule has 1 atom stereocenters. The molecule has 1 unspecified atom stereocenters. The van der Waals surface area contributed by atoms with Crippen LogP contribution in [-0.2, 0) is 11.2 Å². The Morgan fingerprint density at radius 3 is 2.84 bits per heavy atom. The van der Waals surface area contributed by atoms with Crippen LogP contribution in [-0.4, -0.2) is 28.9 Å². The Balaban J connectivity index is 2.07. The molecule has 106 valence electrons. The molecule has 0 spiro atoms. The number of hydrogen-bond acceptors (Lipinski definition) is 3. The maximum Gasteiger partial charge on any atom is 0.227 e. The minimum absolute atomic E-state index is 0.268. The summed E-state index contributed by atoms with van der Waals surface area (Å²) in [6, 6.07) is 0. The van der Waals surface area contributed by atoms with E-state index in [1.54, 1.807) is 11.3 Å². The molecule has 1 aliphatic rings. The van der Waals surface area contributed by atoms with Crippen molar-refractivity contribution in [2.75, 3.05) is 13.1 Å². The molecule has 1 aromatic heterocycles. The molecular weight excluding hydrogens is 256 g/mol. The lowest BCUT2D eigenvalue weighted by Crippen LogP contribution is -2.44. The monoisotopic (exact) mass is 280 g/mol. The van der Waals surface area contributed by atoms with Gasteiger partial charge in [0.25, 0.3) is 0 Å². The van der Waals surface area contributed by atoms with Crippen molar-refractivity contribution in [1.29, 1.82) is 0 Å². The van der Waals surface area contributed by atoms with Crippen LogP contribution in [0.2, 0.25) is 0 Å². The third kappa shape index (κ3) is 3.35. The van der Waals surface area contributed by atoms with Crippen molar-refractivity contribution in [1.82, 2.24) is 9.88 Å². The number of likely N-dealkylation sites (tertiary alicyclic amines) is 1. The maximum absolute atomic E-state index is 12.4. The average Bonchev–Trinajstić information content (AvgIpc) is 2.85. The first-order chi connectivity index (χ1) is 8.91. The Kier molecular flexibility index (Phi) is 4.29. The quantitative estimate of drug-likeness (QED) is 0.831. The van der Waals surface area contributed by atoms with Gasteiger partial charge >= 0.3 is 0 Å². The van der Waals surface area contributed by atoms with Crippen LogP contribution in [0.1, 0.15) is 57.2 Å². The highest BCUT2D eigenvalue weighted by Gasteiger charge is 2.32. The fourth-order valence-electron chi connectivity index (χ4n) is 2.51. The second-order valence-corrected chi connectivity index (χ2v) is 7.26. The smallest absolute Gasteiger partial charge is 0.227 e. The standard InChI is InChI=1S/C15H24N2OS/c1-5-12-10-19-13(16-12)11-7-6-8-17(9-11)14(18)15(2,3)4/h10-11H,5-9H2,1-4H3. The zero-order valence-corrected chi connectivity index (χ0v) is 13.2. The molecule has 0 radical (unpaired) electrons. The van der Waals surface area contributed by atoms with Crippen molar-refractivity contribution in [2.24, 2.45) is 5.41 Å². The summed E-state index contributed by atoms with van der Waals surface area (Å²) < 4.78 is 0. The van der Waals surface area contributed by atoms with E-state index in [1.165, 1.54) is 10.7 Å². The first-order valence-corrected chi connectivity index (χ1v) is 8.03. The summed E-state index contributed by atoms with van der Waals surface area (Å²) in [5.74, 6) is 0.704. The van der Waals surface area contributed by atoms with Gasteiger partial charge in [0.1, 0.15) is 0 Å². The van der Waals surface area contributed by atoms with Gasteiger partial charge in [0.15, 0.2) is 0 Å². The molecule has 1 amide bonds. The van der Waals surface area contributed by atoms with Gasteiger partial charge < -0.3 is 4.90 Å². The Morgan fingerprint density at radius 1 is 1.53 bits per heavy atom. The molecule has 0 saturated carbocycles. The molecule has 0 N–H and O–H groups in total. The number of piperidine rings is 1. The Morgan fingerprint density at radius 2 is 2.26 bits per heavy atom. The van der Waals surface area contributed by atoms with E-state index in [4.69, 9.17) is 0 Å². The highest BCUT2D eigenvalue weighted by molar-refractivity contribution is 7.09. The lowest BCUT2D eigenvalue weighted by Gasteiger charge is -2.35. The van der Waals surface area contributed by atoms with Gasteiger partial charge in [-0.1, -0.05) is 27.7 Å². The van der Waals surface area contributed by atoms with E-state index in [0.717, 1.165) is 32.4 Å². The topological polar surface area (TPSA) is 33.2 Å². The van der Waals surface area contributed by atoms with E-state index in [2.05, 4.69) is 17.3 Å². The molecule has 1 fully saturated rings. The number of hydrogen-bond donors (Lipinski definition) is 0. The number of rotatable bonds is 2. The van der Waals surface area contributed by atoms with Crippen LogP contribution in [0.25, 0.3) is 0 Å². The Labute approximate surface area is 120 Å². The van der Waals surface area contributed by atoms with Crippen LogP contribution in [0.15, 0.2) is 5.38 Å². The summed E-state index contributed by atoms with van der Waals surface area (Å²) in [5.41, 5.74) is 0.901. The van der Waals surface area contributed by atoms with Gasteiger partial charge in [0.2, 0.25) is 5.91 Å². The highest BCUT2D eigenvalue weighted by Crippen LogP contribution is 2.31. The van der Waals surface area contributed by atoms with Crippen LogP contribution >= 0.6 is 11.3 Å². The molecule has 0 aromatic carbocycles. The Bertz CT molecular complexity index is 447. The molecule has 2 rings (SSSR count). The summed E-state index contributed by atoms with van der Waals surface area (Å²) in [5, 5.41) is 3.36. The summed E-state index contributed by atoms with van der Waals surface area (Å²) in [6.07, 6.45) is 3.24. The van der Waals surface area contributed by atoms with Crippen LogP contribution in [0.4, 0.5) is 0 Å². The fraction of sp³-hybridized carbons (Fsp3) is 0.733. The largest absolute Gasteiger partial charge is 0.342 e. The van der Waals surface area contributed by atoms with Crippen molar-refractivity contribution in [3.63, 3.8) is 0 Å². The highest BCUT2D eigenvalue weighted by atomic mass is 32.1. The van der Waals surface area contributed by atoms with E-state index in [1.807, 2.05) is 25.7 Å². The van der Waals surface area contributed by atoms with Crippen molar-refractivity contribution in [2.45, 2.75) is 52.9 Å². The van der Waals surface area contributed by atoms with Crippen LogP contribution in [0.3, 0.4) is 0 Å². The molecule has 1 aliphatic heterocycles. The second kappa shape index (κ2) is 5.61. The number of thiazole rings is 1. The number of amides is 1. The Hall–Kier alpha value is -0.900. The molecule has 2 heterocycles. The molecule has 0 aliphatic carbocycles. The normalized spacial score (nSPS) is 20.6. The number of carbonyl (C=O) groups excluding carboxylic acids is 1. The van der Waals surface area contributed by atoms with Crippen molar-refractivity contribution in [3.8, 4) is 0 Å². The van der Waals surface area contributed by atoms with E-state index in [9.17, 15) is 4.79 Å². The van der Waals surface area contributed by atoms with Crippen molar-refractivity contribution in [3.05, 3.63) is 16.1 Å². The first kappa shape index (κ1) is 14.5. The third-order valence-corrected chi connectivity index (χ3v) is 4.69. The number of aryl methyl sites for hydroxylation is 1. The van der Waals surface area contributed by atoms with Gasteiger partial charge in [-0.05, 0) is 19.3 Å². The predicted octanol–water partition coefficient (Wildman–Crippen LogP) is 3.46. The van der Waals surface area contributed by atoms with E-state index in [0.29, 0.717) is 5.92 Å². The molecule has 1 saturated heterocycles. The average molecular weight is 280 g/mol. The molecule has 0 bridgehead atoms. The van der Waals surface area contributed by atoms with Gasteiger partial charge in [0, 0.05) is 29.8 Å². The lowest BCUT2D eigenvalue weighted by atomic mass is 9.91. The molecule has 3 nitrogen and oxygen atoms in total. The SMILES string of the molecule is CCc1csc(C2CCCN(C(=O)C(C)(C)C)C2)n1. The molecule has 1 aromatic rings. The van der Waals surface area contributed by atoms with Crippen LogP contribution in [0, 0.1) is 5.41 Å². The van der Waals surface area contributed by atoms with Gasteiger partial charge in [-0.3, -0.25) is 4.79 Å². The van der Waals surface area contributed by atoms with Gasteiger partial charge in [-0.2, -0.15) is 0 Å². The predicted molar refractivity (Wildman–Crippen MR) is 79.5 cm³/mol. The van der Waals surface area contributed by atoms with E-state index >= 15 is 0 Å². The van der Waals surface area contributed by atoms with E-state index in [-0.39, 0.29) is 11.3 Å². The van der Waals surface area contributed by atoms with Crippen molar-refractivity contribution < 1.29 is 4.79 Å². The summed E-state index contributed by atoms with van der Waals surface area (Å²) >= 11 is 1.75. The second-order valence-electron chi connectivity index (χ2n) is 6.37. The number of carbonyl (C=O) groups is 1. The molecule has 19 heavy (non-hydrogen) atoms. The molecular formula is C15H24N2OS. The minimum atomic E-state index is -0.278. The van der Waals surface area contributed by atoms with Crippen LogP contribution < -0.4 is 0 Å². The minimum Gasteiger partial charge on any atom is -0.342 e. The number of aromatic nitrogens is 1. The van der Waals surface area contributed by atoms with Gasteiger partial charge in [0.05, 0.1) is 10.7 Å². The summed E-state index contributed by atoms with van der Waals surface area (Å²) in [4.78, 5) is 19.1. The van der Waals surface area contributed by atoms with Gasteiger partial charge in [-0.25, -0.2) is 4.98 Å². The molecule has 4 heteroatoms. The van der Waals surface area contributed by atoms with Crippen molar-refractivity contribution >= 4 is 17.2 Å². The zero-order chi connectivity index (χ0) is 14.0. The first-order valence-electron chi connectivity index (χ1n) is 7.15. The fourth-order valence-corrected chi connectivity index (χ4v) is 3.54. The number of nitrogens with zero attached hydrogens (tertiary/aromatic N) is 2. The van der Waals surface area contributed by atoms with Crippen LogP contribution in [0.5, 0.6) is 0 Å². The zero-order valence-electron chi connectivity index (χ0n) is 12.4. The summed E-state index contributed by atoms with van der Waals surface area (Å²) in [7, 11) is 0. The third-order valence-electron chi connectivity index (χ3n) is 3.63. The van der Waals surface area contributed by atoms with Gasteiger partial charge in [-0.15, -0.1) is 11.3 Å². The summed E-state index contributed by atoms with van der Waals surface area (Å²) in [6.45, 7) is 9.87. The van der Waals surface area contributed by atoms with E-state index < -0.39 is 0 Å². The lowest BCUT2D eigenvalue weighted by molar-refractivity contribution is -0.140.